The van der Waals surface area contributed by atoms with Crippen LogP contribution in [-0.2, 0) is 11.3 Å². The molecule has 0 aliphatic rings. The van der Waals surface area contributed by atoms with E-state index in [1.807, 2.05) is 63.7 Å². The van der Waals surface area contributed by atoms with Crippen LogP contribution in [0.4, 0.5) is 4.79 Å². The maximum Gasteiger partial charge on any atom is 0.407 e. The minimum Gasteiger partial charge on any atom is -0.444 e. The molecule has 30 heavy (non-hydrogen) atoms. The molecule has 0 spiro atoms. The Morgan fingerprint density at radius 2 is 1.90 bits per heavy atom. The number of aliphatic imine (C=N–C) groups is 1. The van der Waals surface area contributed by atoms with Crippen molar-refractivity contribution in [2.24, 2.45) is 4.99 Å². The van der Waals surface area contributed by atoms with Crippen molar-refractivity contribution in [2.75, 3.05) is 19.6 Å². The van der Waals surface area contributed by atoms with Gasteiger partial charge in [-0.25, -0.2) is 19.8 Å². The molecule has 9 nitrogen and oxygen atoms in total. The lowest BCUT2D eigenvalue weighted by Crippen LogP contribution is -2.42. The van der Waals surface area contributed by atoms with Crippen molar-refractivity contribution in [1.82, 2.24) is 30.5 Å². The number of aromatic nitrogens is 3. The number of alkyl carbamates (subject to hydrolysis) is 1. The van der Waals surface area contributed by atoms with Crippen LogP contribution in [0.25, 0.3) is 5.82 Å². The number of rotatable bonds is 7. The second-order valence-electron chi connectivity index (χ2n) is 7.42. The van der Waals surface area contributed by atoms with Crippen molar-refractivity contribution in [3.63, 3.8) is 0 Å². The molecule has 2 aromatic rings. The molecule has 0 unspecified atom stereocenters. The third kappa shape index (κ3) is 8.97. The van der Waals surface area contributed by atoms with Gasteiger partial charge in [-0.3, -0.25) is 4.57 Å². The fourth-order valence-electron chi connectivity index (χ4n) is 2.44. The van der Waals surface area contributed by atoms with Crippen LogP contribution < -0.4 is 16.0 Å². The van der Waals surface area contributed by atoms with Crippen molar-refractivity contribution < 1.29 is 9.53 Å². The van der Waals surface area contributed by atoms with Crippen molar-refractivity contribution in [1.29, 1.82) is 0 Å². The van der Waals surface area contributed by atoms with Crippen LogP contribution in [0.1, 0.15) is 39.1 Å². The number of hydrogen-bond acceptors (Lipinski definition) is 5. The SMILES string of the molecule is CCNC(=NCc1ccc(-n2ccnc2C)nc1)NCCNC(=O)OC(C)(C)C.I. The van der Waals surface area contributed by atoms with E-state index in [-0.39, 0.29) is 24.0 Å². The molecule has 0 bridgehead atoms. The average Bonchev–Trinajstić information content (AvgIpc) is 3.08. The molecule has 0 aliphatic carbocycles. The molecule has 0 aromatic carbocycles. The van der Waals surface area contributed by atoms with Gasteiger partial charge in [0.2, 0.25) is 0 Å². The van der Waals surface area contributed by atoms with Gasteiger partial charge in [0.15, 0.2) is 5.96 Å². The number of aryl methyl sites for hydroxylation is 1. The minimum atomic E-state index is -0.506. The summed E-state index contributed by atoms with van der Waals surface area (Å²) in [7, 11) is 0. The first-order valence-corrected chi connectivity index (χ1v) is 9.73. The zero-order valence-electron chi connectivity index (χ0n) is 18.2. The summed E-state index contributed by atoms with van der Waals surface area (Å²) >= 11 is 0. The van der Waals surface area contributed by atoms with Gasteiger partial charge in [-0.15, -0.1) is 24.0 Å². The van der Waals surface area contributed by atoms with E-state index in [4.69, 9.17) is 4.74 Å². The van der Waals surface area contributed by atoms with Crippen LogP contribution in [0.15, 0.2) is 35.7 Å². The summed E-state index contributed by atoms with van der Waals surface area (Å²) < 4.78 is 7.13. The summed E-state index contributed by atoms with van der Waals surface area (Å²) in [5.74, 6) is 2.39. The molecule has 0 saturated heterocycles. The number of halogens is 1. The van der Waals surface area contributed by atoms with Gasteiger partial charge in [0, 0.05) is 38.2 Å². The van der Waals surface area contributed by atoms with Gasteiger partial charge in [-0.2, -0.15) is 0 Å². The summed E-state index contributed by atoms with van der Waals surface area (Å²) in [5, 5.41) is 9.08. The Kier molecular flexibility index (Phi) is 10.6. The molecular formula is C20H32IN7O2. The van der Waals surface area contributed by atoms with Crippen molar-refractivity contribution in [3.05, 3.63) is 42.1 Å². The predicted molar refractivity (Wildman–Crippen MR) is 129 cm³/mol. The molecule has 1 amide bonds. The van der Waals surface area contributed by atoms with E-state index in [1.54, 1.807) is 6.20 Å². The summed E-state index contributed by atoms with van der Waals surface area (Å²) in [6.45, 7) is 11.6. The third-order valence-corrected chi connectivity index (χ3v) is 3.73. The topological polar surface area (TPSA) is 105 Å². The fraction of sp³-hybridized carbons (Fsp3) is 0.500. The van der Waals surface area contributed by atoms with E-state index in [1.165, 1.54) is 0 Å². The second kappa shape index (κ2) is 12.4. The normalized spacial score (nSPS) is 11.4. The maximum atomic E-state index is 11.7. The molecular weight excluding hydrogens is 497 g/mol. The largest absolute Gasteiger partial charge is 0.444 e. The average molecular weight is 529 g/mol. The number of pyridine rings is 1. The molecule has 2 rings (SSSR count). The van der Waals surface area contributed by atoms with E-state index in [2.05, 4.69) is 30.9 Å². The highest BCUT2D eigenvalue weighted by molar-refractivity contribution is 14.0. The van der Waals surface area contributed by atoms with Crippen LogP contribution in [0.2, 0.25) is 0 Å². The standard InChI is InChI=1S/C20H31N7O2.HI/c1-6-21-18(23-9-10-24-19(28)29-20(3,4)5)26-14-16-7-8-17(25-13-16)27-12-11-22-15(27)2;/h7-8,11-13H,6,9-10,14H2,1-5H3,(H,24,28)(H2,21,23,26);1H. The van der Waals surface area contributed by atoms with E-state index in [9.17, 15) is 4.79 Å². The lowest BCUT2D eigenvalue weighted by Gasteiger charge is -2.19. The number of nitrogens with zero attached hydrogens (tertiary/aromatic N) is 4. The van der Waals surface area contributed by atoms with E-state index >= 15 is 0 Å². The van der Waals surface area contributed by atoms with Gasteiger partial charge in [-0.05, 0) is 46.2 Å². The molecule has 10 heteroatoms. The van der Waals surface area contributed by atoms with Gasteiger partial charge in [0.05, 0.1) is 6.54 Å². The molecule has 0 fully saturated rings. The maximum absolute atomic E-state index is 11.7. The smallest absolute Gasteiger partial charge is 0.407 e. The molecule has 3 N–H and O–H groups in total. The number of imidazole rings is 1. The summed E-state index contributed by atoms with van der Waals surface area (Å²) in [6, 6.07) is 3.95. The number of ether oxygens (including phenoxy) is 1. The molecule has 2 aromatic heterocycles. The Hall–Kier alpha value is -2.37. The number of carbonyl (C=O) groups is 1. The second-order valence-corrected chi connectivity index (χ2v) is 7.42. The van der Waals surface area contributed by atoms with Crippen LogP contribution in [0.3, 0.4) is 0 Å². The molecule has 0 aliphatic heterocycles. The fourth-order valence-corrected chi connectivity index (χ4v) is 2.44. The number of guanidine groups is 1. The highest BCUT2D eigenvalue weighted by Gasteiger charge is 2.15. The summed E-state index contributed by atoms with van der Waals surface area (Å²) in [4.78, 5) is 24.9. The van der Waals surface area contributed by atoms with Crippen molar-refractivity contribution in [2.45, 2.75) is 46.8 Å². The Labute approximate surface area is 195 Å². The number of hydrogen-bond donors (Lipinski definition) is 3. The first kappa shape index (κ1) is 25.7. The van der Waals surface area contributed by atoms with E-state index in [0.29, 0.717) is 25.6 Å². The van der Waals surface area contributed by atoms with Gasteiger partial charge < -0.3 is 20.7 Å². The van der Waals surface area contributed by atoms with E-state index < -0.39 is 11.7 Å². The summed E-state index contributed by atoms with van der Waals surface area (Å²) in [5.41, 5.74) is 0.490. The molecule has 0 atom stereocenters. The lowest BCUT2D eigenvalue weighted by molar-refractivity contribution is 0.0529. The number of amides is 1. The third-order valence-electron chi connectivity index (χ3n) is 3.73. The van der Waals surface area contributed by atoms with Crippen LogP contribution >= 0.6 is 24.0 Å². The molecule has 0 radical (unpaired) electrons. The van der Waals surface area contributed by atoms with Gasteiger partial charge >= 0.3 is 6.09 Å². The Morgan fingerprint density at radius 3 is 2.47 bits per heavy atom. The molecule has 166 valence electrons. The van der Waals surface area contributed by atoms with Crippen LogP contribution in [0, 0.1) is 6.92 Å². The predicted octanol–water partition coefficient (Wildman–Crippen LogP) is 2.77. The summed E-state index contributed by atoms with van der Waals surface area (Å²) in [6.07, 6.45) is 5.02. The highest BCUT2D eigenvalue weighted by Crippen LogP contribution is 2.09. The van der Waals surface area contributed by atoms with Crippen molar-refractivity contribution >= 4 is 36.0 Å². The minimum absolute atomic E-state index is 0. The quantitative estimate of drug-likeness (QED) is 0.221. The zero-order valence-corrected chi connectivity index (χ0v) is 20.6. The lowest BCUT2D eigenvalue weighted by atomic mass is 10.2. The van der Waals surface area contributed by atoms with E-state index in [0.717, 1.165) is 23.8 Å². The first-order valence-electron chi connectivity index (χ1n) is 9.73. The Balaban J connectivity index is 0.00000450. The van der Waals surface area contributed by atoms with Crippen molar-refractivity contribution in [3.8, 4) is 5.82 Å². The number of nitrogens with one attached hydrogen (secondary N) is 3. The first-order chi connectivity index (χ1) is 13.8. The van der Waals surface area contributed by atoms with Gasteiger partial charge in [0.25, 0.3) is 0 Å². The highest BCUT2D eigenvalue weighted by atomic mass is 127. The van der Waals surface area contributed by atoms with Crippen LogP contribution in [-0.4, -0.2) is 51.8 Å². The number of carbonyl (C=O) groups excluding carboxylic acids is 1. The monoisotopic (exact) mass is 529 g/mol. The van der Waals surface area contributed by atoms with Gasteiger partial charge in [-0.1, -0.05) is 6.07 Å². The zero-order chi connectivity index (χ0) is 21.3. The Morgan fingerprint density at radius 1 is 1.17 bits per heavy atom. The van der Waals surface area contributed by atoms with Crippen LogP contribution in [0.5, 0.6) is 0 Å². The Bertz CT molecular complexity index is 813. The molecule has 0 saturated carbocycles. The molecule has 2 heterocycles. The van der Waals surface area contributed by atoms with Gasteiger partial charge in [0.1, 0.15) is 17.2 Å².